The molecule has 194 valence electrons. The number of ether oxygens (including phenoxy) is 2. The Labute approximate surface area is 213 Å². The van der Waals surface area contributed by atoms with Crippen molar-refractivity contribution >= 4 is 11.9 Å². The summed E-state index contributed by atoms with van der Waals surface area (Å²) in [6.45, 7) is 3.13. The lowest BCUT2D eigenvalue weighted by atomic mass is 9.90. The Hall–Kier alpha value is -2.74. The van der Waals surface area contributed by atoms with Gasteiger partial charge in [-0.05, 0) is 67.9 Å². The van der Waals surface area contributed by atoms with Gasteiger partial charge in [0.05, 0.1) is 19.6 Å². The lowest BCUT2D eigenvalue weighted by Gasteiger charge is -2.32. The number of carbonyl (C=O) groups excluding carboxylic acids is 1. The minimum absolute atomic E-state index is 0.0248. The van der Waals surface area contributed by atoms with Crippen LogP contribution >= 0.6 is 0 Å². The van der Waals surface area contributed by atoms with Crippen molar-refractivity contribution in [3.63, 3.8) is 0 Å². The smallest absolute Gasteiger partial charge is 0.227 e. The molecule has 0 N–H and O–H groups in total. The Morgan fingerprint density at radius 1 is 1.17 bits per heavy atom. The molecular weight excluding hydrogens is 459 g/mol. The first-order valence-electron chi connectivity index (χ1n) is 13.2. The number of hydrogen-bond acceptors (Lipinski definition) is 6. The molecule has 36 heavy (non-hydrogen) atoms. The molecule has 3 fully saturated rings. The van der Waals surface area contributed by atoms with Crippen LogP contribution in [0.3, 0.4) is 0 Å². The van der Waals surface area contributed by atoms with Gasteiger partial charge in [0.15, 0.2) is 0 Å². The first kappa shape index (κ1) is 24.9. The average Bonchev–Trinajstić information content (AvgIpc) is 3.81. The zero-order chi connectivity index (χ0) is 25.1. The molecule has 0 unspecified atom stereocenters. The molecule has 1 amide bonds. The second-order valence-corrected chi connectivity index (χ2v) is 10.6. The average molecular weight is 497 g/mol. The summed E-state index contributed by atoms with van der Waals surface area (Å²) in [5, 5.41) is 0. The first-order valence-corrected chi connectivity index (χ1v) is 13.2. The summed E-state index contributed by atoms with van der Waals surface area (Å²) in [6, 6.07) is 5.23. The molecule has 3 aliphatic rings. The zero-order valence-corrected chi connectivity index (χ0v) is 21.4. The van der Waals surface area contributed by atoms with E-state index in [1.54, 1.807) is 31.2 Å². The van der Waals surface area contributed by atoms with Crippen LogP contribution in [0.25, 0.3) is 0 Å². The maximum absolute atomic E-state index is 14.5. The second-order valence-electron chi connectivity index (χ2n) is 10.6. The molecule has 1 aromatic heterocycles. The van der Waals surface area contributed by atoms with E-state index < -0.39 is 0 Å². The van der Waals surface area contributed by atoms with E-state index in [1.807, 2.05) is 12.4 Å². The predicted molar refractivity (Wildman–Crippen MR) is 135 cm³/mol. The van der Waals surface area contributed by atoms with Gasteiger partial charge in [-0.1, -0.05) is 6.07 Å². The third kappa shape index (κ3) is 6.14. The number of piperidine rings is 1. The van der Waals surface area contributed by atoms with Crippen LogP contribution in [0.15, 0.2) is 30.6 Å². The van der Waals surface area contributed by atoms with Gasteiger partial charge >= 0.3 is 0 Å². The van der Waals surface area contributed by atoms with E-state index >= 15 is 0 Å². The Morgan fingerprint density at radius 3 is 2.58 bits per heavy atom. The summed E-state index contributed by atoms with van der Waals surface area (Å²) >= 11 is 0. The molecule has 0 radical (unpaired) electrons. The van der Waals surface area contributed by atoms with Crippen LogP contribution in [0.5, 0.6) is 5.75 Å². The quantitative estimate of drug-likeness (QED) is 0.463. The van der Waals surface area contributed by atoms with Gasteiger partial charge < -0.3 is 19.3 Å². The molecule has 8 heteroatoms. The molecular formula is C28H37FN4O3. The van der Waals surface area contributed by atoms with Crippen LogP contribution in [0.1, 0.15) is 49.7 Å². The number of anilines is 1. The normalized spacial score (nSPS) is 21.9. The number of likely N-dealkylation sites (N-methyl/N-ethyl adjacent to an activating group) is 1. The highest BCUT2D eigenvalue weighted by Gasteiger charge is 2.43. The third-order valence-electron chi connectivity index (χ3n) is 8.02. The fraction of sp³-hybridized carbons (Fsp3) is 0.607. The van der Waals surface area contributed by atoms with Crippen LogP contribution in [-0.2, 0) is 22.6 Å². The molecule has 1 saturated heterocycles. The summed E-state index contributed by atoms with van der Waals surface area (Å²) in [4.78, 5) is 25.3. The van der Waals surface area contributed by atoms with E-state index in [9.17, 15) is 9.18 Å². The number of hydrogen-bond donors (Lipinski definition) is 0. The monoisotopic (exact) mass is 496 g/mol. The van der Waals surface area contributed by atoms with Crippen LogP contribution in [0.4, 0.5) is 10.3 Å². The summed E-state index contributed by atoms with van der Waals surface area (Å²) in [5.41, 5.74) is 1.43. The highest BCUT2D eigenvalue weighted by atomic mass is 19.1. The molecule has 7 nitrogen and oxygen atoms in total. The van der Waals surface area contributed by atoms with Gasteiger partial charge in [-0.25, -0.2) is 14.4 Å². The Kier molecular flexibility index (Phi) is 7.70. The Balaban J connectivity index is 1.01. The van der Waals surface area contributed by atoms with E-state index in [-0.39, 0.29) is 18.1 Å². The lowest BCUT2D eigenvalue weighted by molar-refractivity contribution is -0.129. The third-order valence-corrected chi connectivity index (χ3v) is 8.02. The number of nitrogens with zero attached hydrogens (tertiary/aromatic N) is 4. The van der Waals surface area contributed by atoms with Gasteiger partial charge in [0, 0.05) is 57.3 Å². The molecule has 2 atom stereocenters. The second kappa shape index (κ2) is 11.1. The van der Waals surface area contributed by atoms with Crippen LogP contribution in [0, 0.1) is 23.6 Å². The van der Waals surface area contributed by atoms with Crippen molar-refractivity contribution in [3.8, 4) is 5.75 Å². The number of amides is 1. The maximum atomic E-state index is 14.5. The maximum Gasteiger partial charge on any atom is 0.227 e. The van der Waals surface area contributed by atoms with Crippen molar-refractivity contribution in [1.29, 1.82) is 0 Å². The molecule has 5 rings (SSSR count). The van der Waals surface area contributed by atoms with E-state index in [0.29, 0.717) is 36.5 Å². The van der Waals surface area contributed by atoms with Gasteiger partial charge in [-0.15, -0.1) is 0 Å². The van der Waals surface area contributed by atoms with Gasteiger partial charge in [0.2, 0.25) is 11.9 Å². The standard InChI is InChI=1S/C28H37FN4O3/c1-32(23-4-5-23)27(34)14-22-3-6-24(15-26(22)29)36-12-9-21-13-25(21)20-7-10-33(11-8-20)28-30-16-19(17-31-28)18-35-2/h3,6,15-17,20-21,23,25H,4-5,7-14,18H2,1-2H3/t21-,25-/m0/s1. The SMILES string of the molecule is COCc1cnc(N2CCC([C@@H]3C[C@@H]3CCOc3ccc(CC(=O)N(C)C4CC4)c(F)c3)CC2)nc1. The molecule has 2 aliphatic carbocycles. The molecule has 1 aromatic carbocycles. The minimum Gasteiger partial charge on any atom is -0.493 e. The minimum atomic E-state index is -0.363. The molecule has 0 bridgehead atoms. The van der Waals surface area contributed by atoms with Crippen molar-refractivity contribution < 1.29 is 18.7 Å². The van der Waals surface area contributed by atoms with Crippen LogP contribution < -0.4 is 9.64 Å². The van der Waals surface area contributed by atoms with Crippen LogP contribution in [0.2, 0.25) is 0 Å². The topological polar surface area (TPSA) is 67.8 Å². The van der Waals surface area contributed by atoms with E-state index in [4.69, 9.17) is 9.47 Å². The predicted octanol–water partition coefficient (Wildman–Crippen LogP) is 4.25. The van der Waals surface area contributed by atoms with Gasteiger partial charge in [-0.3, -0.25) is 4.79 Å². The summed E-state index contributed by atoms with van der Waals surface area (Å²) in [5.74, 6) is 3.19. The fourth-order valence-electron chi connectivity index (χ4n) is 5.50. The summed E-state index contributed by atoms with van der Waals surface area (Å²) in [7, 11) is 3.48. The fourth-order valence-corrected chi connectivity index (χ4v) is 5.50. The van der Waals surface area contributed by atoms with E-state index in [0.717, 1.165) is 55.7 Å². The van der Waals surface area contributed by atoms with Crippen molar-refractivity contribution in [2.45, 2.75) is 57.6 Å². The van der Waals surface area contributed by atoms with Gasteiger partial charge in [-0.2, -0.15) is 0 Å². The Morgan fingerprint density at radius 2 is 1.92 bits per heavy atom. The molecule has 2 heterocycles. The van der Waals surface area contributed by atoms with Crippen molar-refractivity contribution in [3.05, 3.63) is 47.5 Å². The van der Waals surface area contributed by atoms with Crippen molar-refractivity contribution in [2.24, 2.45) is 17.8 Å². The number of methoxy groups -OCH3 is 1. The number of aromatic nitrogens is 2. The number of halogens is 1. The highest BCUT2D eigenvalue weighted by molar-refractivity contribution is 5.79. The van der Waals surface area contributed by atoms with Gasteiger partial charge in [0.25, 0.3) is 0 Å². The number of carbonyl (C=O) groups is 1. The number of rotatable bonds is 11. The lowest BCUT2D eigenvalue weighted by Crippen LogP contribution is -2.35. The van der Waals surface area contributed by atoms with Crippen LogP contribution in [-0.4, -0.2) is 60.7 Å². The molecule has 1 aliphatic heterocycles. The van der Waals surface area contributed by atoms with Gasteiger partial charge in [0.1, 0.15) is 11.6 Å². The largest absolute Gasteiger partial charge is 0.493 e. The molecule has 2 aromatic rings. The van der Waals surface area contributed by atoms with Crippen molar-refractivity contribution in [1.82, 2.24) is 14.9 Å². The summed E-state index contributed by atoms with van der Waals surface area (Å²) in [6.07, 6.45) is 10.5. The van der Waals surface area contributed by atoms with E-state index in [1.165, 1.54) is 25.3 Å². The zero-order valence-electron chi connectivity index (χ0n) is 21.4. The summed E-state index contributed by atoms with van der Waals surface area (Å²) < 4.78 is 25.5. The Bertz CT molecular complexity index is 1040. The first-order chi connectivity index (χ1) is 17.5. The molecule has 2 saturated carbocycles. The van der Waals surface area contributed by atoms with E-state index in [2.05, 4.69) is 14.9 Å². The highest BCUT2D eigenvalue weighted by Crippen LogP contribution is 2.49. The van der Waals surface area contributed by atoms with Crippen molar-refractivity contribution in [2.75, 3.05) is 38.8 Å². The molecule has 0 spiro atoms. The number of benzene rings is 1.